The van der Waals surface area contributed by atoms with Crippen LogP contribution >= 0.6 is 0 Å². The number of hydrogen-bond donors (Lipinski definition) is 1. The van der Waals surface area contributed by atoms with Crippen LogP contribution in [0.3, 0.4) is 0 Å². The SMILES string of the molecule is COC(=O)C1(Oc2cc(C(F)(F)F)ccc2CN2CCNCC2)CC1. The Hall–Kier alpha value is -1.80. The zero-order valence-corrected chi connectivity index (χ0v) is 14.0. The van der Waals surface area contributed by atoms with E-state index in [-0.39, 0.29) is 5.75 Å². The van der Waals surface area contributed by atoms with Gasteiger partial charge in [0.15, 0.2) is 0 Å². The Morgan fingerprint density at radius 1 is 1.28 bits per heavy atom. The first-order valence-electron chi connectivity index (χ1n) is 8.25. The third kappa shape index (κ3) is 4.07. The van der Waals surface area contributed by atoms with Gasteiger partial charge >= 0.3 is 12.1 Å². The number of nitrogens with zero attached hydrogens (tertiary/aromatic N) is 1. The van der Waals surface area contributed by atoms with Crippen molar-refractivity contribution >= 4 is 5.97 Å². The predicted octanol–water partition coefficient (Wildman–Crippen LogP) is 2.20. The molecular formula is C17H21F3N2O3. The van der Waals surface area contributed by atoms with Crippen molar-refractivity contribution in [2.24, 2.45) is 0 Å². The Labute approximate surface area is 144 Å². The number of benzene rings is 1. The van der Waals surface area contributed by atoms with Gasteiger partial charge in [0, 0.05) is 51.1 Å². The van der Waals surface area contributed by atoms with Crippen molar-refractivity contribution in [2.75, 3.05) is 33.3 Å². The number of rotatable bonds is 5. The van der Waals surface area contributed by atoms with E-state index in [4.69, 9.17) is 9.47 Å². The third-order valence-corrected chi connectivity index (χ3v) is 4.56. The quantitative estimate of drug-likeness (QED) is 0.818. The van der Waals surface area contributed by atoms with E-state index >= 15 is 0 Å². The zero-order chi connectivity index (χ0) is 18.1. The van der Waals surface area contributed by atoms with Crippen molar-refractivity contribution in [3.8, 4) is 5.75 Å². The van der Waals surface area contributed by atoms with Gasteiger partial charge in [0.25, 0.3) is 0 Å². The van der Waals surface area contributed by atoms with Crippen molar-refractivity contribution in [1.82, 2.24) is 10.2 Å². The molecule has 2 fully saturated rings. The molecule has 1 N–H and O–H groups in total. The summed E-state index contributed by atoms with van der Waals surface area (Å²) in [5, 5.41) is 3.23. The normalized spacial score (nSPS) is 20.2. The molecule has 0 spiro atoms. The fourth-order valence-electron chi connectivity index (χ4n) is 2.92. The van der Waals surface area contributed by atoms with Crippen molar-refractivity contribution in [3.63, 3.8) is 0 Å². The summed E-state index contributed by atoms with van der Waals surface area (Å²) >= 11 is 0. The molecule has 2 aliphatic rings. The molecule has 0 amide bonds. The van der Waals surface area contributed by atoms with Gasteiger partial charge in [-0.25, -0.2) is 4.79 Å². The van der Waals surface area contributed by atoms with E-state index in [2.05, 4.69) is 10.2 Å². The number of piperazine rings is 1. The second-order valence-corrected chi connectivity index (χ2v) is 6.43. The van der Waals surface area contributed by atoms with Gasteiger partial charge in [-0.1, -0.05) is 6.07 Å². The molecule has 1 heterocycles. The number of halogens is 3. The van der Waals surface area contributed by atoms with Gasteiger partial charge in [0.1, 0.15) is 5.75 Å². The number of alkyl halides is 3. The highest BCUT2D eigenvalue weighted by Gasteiger charge is 2.54. The van der Waals surface area contributed by atoms with Crippen molar-refractivity contribution in [2.45, 2.75) is 31.2 Å². The predicted molar refractivity (Wildman–Crippen MR) is 84.2 cm³/mol. The fraction of sp³-hybridized carbons (Fsp3) is 0.588. The van der Waals surface area contributed by atoms with Crippen molar-refractivity contribution < 1.29 is 27.4 Å². The first kappa shape index (κ1) is 18.0. The lowest BCUT2D eigenvalue weighted by molar-refractivity contribution is -0.151. The first-order chi connectivity index (χ1) is 11.8. The summed E-state index contributed by atoms with van der Waals surface area (Å²) < 4.78 is 49.7. The van der Waals surface area contributed by atoms with Crippen LogP contribution in [0.4, 0.5) is 13.2 Å². The lowest BCUT2D eigenvalue weighted by atomic mass is 10.1. The molecule has 0 bridgehead atoms. The van der Waals surface area contributed by atoms with E-state index in [1.54, 1.807) is 0 Å². The topological polar surface area (TPSA) is 50.8 Å². The molecule has 0 aromatic heterocycles. The summed E-state index contributed by atoms with van der Waals surface area (Å²) in [6.45, 7) is 3.77. The van der Waals surface area contributed by atoms with Gasteiger partial charge in [-0.05, 0) is 12.1 Å². The molecule has 8 heteroatoms. The van der Waals surface area contributed by atoms with E-state index in [0.29, 0.717) is 24.9 Å². The molecule has 138 valence electrons. The van der Waals surface area contributed by atoms with Crippen LogP contribution in [0.2, 0.25) is 0 Å². The fourth-order valence-corrected chi connectivity index (χ4v) is 2.92. The minimum atomic E-state index is -4.46. The highest BCUT2D eigenvalue weighted by Crippen LogP contribution is 2.43. The summed E-state index contributed by atoms with van der Waals surface area (Å²) in [7, 11) is 1.25. The Morgan fingerprint density at radius 3 is 2.52 bits per heavy atom. The summed E-state index contributed by atoms with van der Waals surface area (Å²) in [5.41, 5.74) is -1.28. The number of nitrogens with one attached hydrogen (secondary N) is 1. The molecule has 1 aliphatic carbocycles. The maximum atomic E-state index is 13.1. The zero-order valence-electron chi connectivity index (χ0n) is 14.0. The number of carbonyl (C=O) groups excluding carboxylic acids is 1. The first-order valence-corrected chi connectivity index (χ1v) is 8.25. The van der Waals surface area contributed by atoms with Gasteiger partial charge < -0.3 is 14.8 Å². The molecule has 1 aromatic rings. The summed E-state index contributed by atoms with van der Waals surface area (Å²) in [4.78, 5) is 14.0. The molecule has 25 heavy (non-hydrogen) atoms. The van der Waals surface area contributed by atoms with Gasteiger partial charge in [-0.3, -0.25) is 4.90 Å². The molecule has 5 nitrogen and oxygen atoms in total. The number of hydrogen-bond acceptors (Lipinski definition) is 5. The van der Waals surface area contributed by atoms with Crippen LogP contribution in [0, 0.1) is 0 Å². The van der Waals surface area contributed by atoms with Crippen LogP contribution in [0.15, 0.2) is 18.2 Å². The molecule has 1 saturated carbocycles. The summed E-state index contributed by atoms with van der Waals surface area (Å²) in [6, 6.07) is 3.48. The third-order valence-electron chi connectivity index (χ3n) is 4.56. The van der Waals surface area contributed by atoms with Gasteiger partial charge in [-0.15, -0.1) is 0 Å². The molecule has 0 atom stereocenters. The maximum Gasteiger partial charge on any atom is 0.416 e. The summed E-state index contributed by atoms with van der Waals surface area (Å²) in [5.74, 6) is -0.436. The minimum absolute atomic E-state index is 0.108. The minimum Gasteiger partial charge on any atom is -0.475 e. The average Bonchev–Trinajstić information content (AvgIpc) is 3.36. The Balaban J connectivity index is 1.87. The lowest BCUT2D eigenvalue weighted by Gasteiger charge is -2.28. The van der Waals surface area contributed by atoms with Gasteiger partial charge in [0.05, 0.1) is 12.7 Å². The van der Waals surface area contributed by atoms with Crippen LogP contribution in [0.1, 0.15) is 24.0 Å². The molecule has 0 unspecified atom stereocenters. The van der Waals surface area contributed by atoms with E-state index in [0.717, 1.165) is 38.3 Å². The van der Waals surface area contributed by atoms with E-state index < -0.39 is 23.3 Å². The second kappa shape index (κ2) is 6.84. The van der Waals surface area contributed by atoms with Crippen molar-refractivity contribution in [3.05, 3.63) is 29.3 Å². The molecule has 1 saturated heterocycles. The molecular weight excluding hydrogens is 337 g/mol. The molecule has 1 aromatic carbocycles. The van der Waals surface area contributed by atoms with Crippen LogP contribution in [0.25, 0.3) is 0 Å². The van der Waals surface area contributed by atoms with Gasteiger partial charge in [-0.2, -0.15) is 13.2 Å². The van der Waals surface area contributed by atoms with Crippen molar-refractivity contribution in [1.29, 1.82) is 0 Å². The monoisotopic (exact) mass is 358 g/mol. The Morgan fingerprint density at radius 2 is 1.96 bits per heavy atom. The number of methoxy groups -OCH3 is 1. The van der Waals surface area contributed by atoms with Crippen LogP contribution in [-0.2, 0) is 22.3 Å². The standard InChI is InChI=1S/C17H21F3N2O3/c1-24-15(23)16(4-5-16)25-14-10-13(17(18,19)20)3-2-12(14)11-22-8-6-21-7-9-22/h2-3,10,21H,4-9,11H2,1H3. The number of ether oxygens (including phenoxy) is 2. The molecule has 3 rings (SSSR count). The molecule has 1 aliphatic heterocycles. The Bertz CT molecular complexity index is 639. The average molecular weight is 358 g/mol. The van der Waals surface area contributed by atoms with E-state index in [1.165, 1.54) is 13.2 Å². The smallest absolute Gasteiger partial charge is 0.416 e. The van der Waals surface area contributed by atoms with E-state index in [9.17, 15) is 18.0 Å². The maximum absolute atomic E-state index is 13.1. The largest absolute Gasteiger partial charge is 0.475 e. The second-order valence-electron chi connectivity index (χ2n) is 6.43. The number of carbonyl (C=O) groups is 1. The lowest BCUT2D eigenvalue weighted by Crippen LogP contribution is -2.43. The summed E-state index contributed by atoms with van der Waals surface area (Å²) in [6.07, 6.45) is -3.57. The Kier molecular flexibility index (Phi) is 4.92. The highest BCUT2D eigenvalue weighted by molar-refractivity contribution is 5.83. The number of esters is 1. The van der Waals surface area contributed by atoms with Crippen LogP contribution in [-0.4, -0.2) is 49.8 Å². The molecule has 0 radical (unpaired) electrons. The van der Waals surface area contributed by atoms with Gasteiger partial charge in [0.2, 0.25) is 5.60 Å². The highest BCUT2D eigenvalue weighted by atomic mass is 19.4. The van der Waals surface area contributed by atoms with E-state index in [1.807, 2.05) is 0 Å². The van der Waals surface area contributed by atoms with Crippen LogP contribution in [0.5, 0.6) is 5.75 Å². The van der Waals surface area contributed by atoms with Crippen LogP contribution < -0.4 is 10.1 Å².